The highest BCUT2D eigenvalue weighted by atomic mass is 79.9. The summed E-state index contributed by atoms with van der Waals surface area (Å²) in [6, 6.07) is 10.0. The first kappa shape index (κ1) is 22.6. The van der Waals surface area contributed by atoms with Crippen molar-refractivity contribution in [2.75, 3.05) is 0 Å². The largest absolute Gasteiger partial charge is 0.339 e. The number of fused-ring (bicyclic) bond motifs is 2. The molecule has 1 aliphatic rings. The molecule has 5 rings (SSSR count). The van der Waals surface area contributed by atoms with E-state index in [9.17, 15) is 4.79 Å². The molecule has 0 bridgehead atoms. The first-order valence-corrected chi connectivity index (χ1v) is 12.4. The van der Waals surface area contributed by atoms with Crippen LogP contribution in [0.15, 0.2) is 44.6 Å². The van der Waals surface area contributed by atoms with Gasteiger partial charge in [-0.15, -0.1) is 10.2 Å². The van der Waals surface area contributed by atoms with E-state index < -0.39 is 0 Å². The molecule has 0 saturated carbocycles. The predicted octanol–water partition coefficient (Wildman–Crippen LogP) is 4.38. The van der Waals surface area contributed by atoms with Crippen LogP contribution in [0.3, 0.4) is 0 Å². The van der Waals surface area contributed by atoms with Crippen molar-refractivity contribution in [3.05, 3.63) is 69.4 Å². The third-order valence-electron chi connectivity index (χ3n) is 6.08. The maximum atomic E-state index is 13.4. The van der Waals surface area contributed by atoms with Crippen LogP contribution in [0.2, 0.25) is 0 Å². The second-order valence-electron chi connectivity index (χ2n) is 8.70. The minimum atomic E-state index is -0.117. The fourth-order valence-corrected chi connectivity index (χ4v) is 4.75. The molecule has 4 heterocycles. The van der Waals surface area contributed by atoms with Gasteiger partial charge >= 0.3 is 0 Å². The molecule has 0 radical (unpaired) electrons. The number of rotatable bonds is 9. The molecule has 0 fully saturated rings. The Kier molecular flexibility index (Phi) is 6.40. The summed E-state index contributed by atoms with van der Waals surface area (Å²) < 4.78 is 9.95. The van der Waals surface area contributed by atoms with Crippen LogP contribution in [-0.2, 0) is 25.8 Å². The van der Waals surface area contributed by atoms with Crippen LogP contribution in [0, 0.1) is 0 Å². The molecule has 0 N–H and O–H groups in total. The fourth-order valence-electron chi connectivity index (χ4n) is 4.30. The molecule has 9 nitrogen and oxygen atoms in total. The predicted molar refractivity (Wildman–Crippen MR) is 132 cm³/mol. The summed E-state index contributed by atoms with van der Waals surface area (Å²) in [7, 11) is 0. The summed E-state index contributed by atoms with van der Waals surface area (Å²) in [5.41, 5.74) is 1.68. The van der Waals surface area contributed by atoms with Crippen molar-refractivity contribution in [1.82, 2.24) is 29.3 Å². The van der Waals surface area contributed by atoms with Crippen molar-refractivity contribution >= 4 is 32.1 Å². The van der Waals surface area contributed by atoms with Crippen molar-refractivity contribution in [1.29, 1.82) is 0 Å². The maximum absolute atomic E-state index is 13.4. The number of aliphatic imine (C=N–C) groups is 1. The molecule has 0 aliphatic carbocycles. The molecule has 1 aromatic carbocycles. The summed E-state index contributed by atoms with van der Waals surface area (Å²) in [5, 5.41) is 12.9. The minimum Gasteiger partial charge on any atom is -0.339 e. The van der Waals surface area contributed by atoms with Gasteiger partial charge in [-0.2, -0.15) is 4.98 Å². The molecule has 3 aromatic heterocycles. The van der Waals surface area contributed by atoms with E-state index in [1.807, 2.05) is 41.8 Å². The molecule has 10 heteroatoms. The van der Waals surface area contributed by atoms with Crippen LogP contribution in [0.1, 0.15) is 67.7 Å². The Hall–Kier alpha value is -3.14. The standard InChI is InChI=1S/C24H26BrN7O2/c1-3-4-8-11-31-21-17(14-18(25)26-21)23(33)32-20(28-29-24(31)32)12-15(2)22-27-19(30-34-22)13-16-9-6-5-7-10-16/h5-7,9-10,15H,3-4,8,11-14H2,1-2H3/t15-/m1/s1. The summed E-state index contributed by atoms with van der Waals surface area (Å²) in [6.45, 7) is 4.90. The Labute approximate surface area is 205 Å². The van der Waals surface area contributed by atoms with E-state index in [4.69, 9.17) is 4.52 Å². The molecular weight excluding hydrogens is 498 g/mol. The lowest BCUT2D eigenvalue weighted by molar-refractivity contribution is 0.353. The lowest BCUT2D eigenvalue weighted by Gasteiger charge is -2.13. The number of aryl methyl sites for hydroxylation is 1. The van der Waals surface area contributed by atoms with Crippen molar-refractivity contribution in [3.8, 4) is 0 Å². The number of unbranched alkanes of at least 4 members (excludes halogenated alkanes) is 2. The molecule has 1 atom stereocenters. The SMILES string of the molecule is CCCCCn1c2c(c(=O)n3c(C[C@@H](C)c4nc(Cc5ccccc5)no4)nnc13)CC(Br)=N2. The highest BCUT2D eigenvalue weighted by Gasteiger charge is 2.27. The monoisotopic (exact) mass is 523 g/mol. The number of benzene rings is 1. The minimum absolute atomic E-state index is 0.113. The van der Waals surface area contributed by atoms with Crippen LogP contribution in [-0.4, -0.2) is 33.9 Å². The first-order valence-electron chi connectivity index (χ1n) is 11.6. The number of aromatic nitrogens is 6. The zero-order valence-corrected chi connectivity index (χ0v) is 20.8. The van der Waals surface area contributed by atoms with Gasteiger partial charge in [0, 0.05) is 31.7 Å². The van der Waals surface area contributed by atoms with E-state index in [1.54, 1.807) is 4.40 Å². The Bertz CT molecular complexity index is 1400. The van der Waals surface area contributed by atoms with E-state index in [2.05, 4.69) is 48.2 Å². The first-order chi connectivity index (χ1) is 16.5. The van der Waals surface area contributed by atoms with Crippen molar-refractivity contribution in [3.63, 3.8) is 0 Å². The second-order valence-corrected chi connectivity index (χ2v) is 9.61. The zero-order valence-electron chi connectivity index (χ0n) is 19.2. The normalized spacial score (nSPS) is 13.9. The van der Waals surface area contributed by atoms with Crippen LogP contribution < -0.4 is 5.56 Å². The Morgan fingerprint density at radius 1 is 1.18 bits per heavy atom. The third-order valence-corrected chi connectivity index (χ3v) is 6.53. The van der Waals surface area contributed by atoms with Gasteiger partial charge < -0.3 is 4.52 Å². The molecule has 4 aromatic rings. The Morgan fingerprint density at radius 2 is 2.00 bits per heavy atom. The molecule has 0 unspecified atom stereocenters. The second kappa shape index (κ2) is 9.61. The highest BCUT2D eigenvalue weighted by Crippen LogP contribution is 2.29. The number of nitrogens with zero attached hydrogens (tertiary/aromatic N) is 7. The maximum Gasteiger partial charge on any atom is 0.266 e. The molecular formula is C24H26BrN7O2. The smallest absolute Gasteiger partial charge is 0.266 e. The average molecular weight is 524 g/mol. The molecule has 0 saturated heterocycles. The van der Waals surface area contributed by atoms with Crippen LogP contribution >= 0.6 is 15.9 Å². The van der Waals surface area contributed by atoms with Gasteiger partial charge in [0.05, 0.1) is 10.2 Å². The summed E-state index contributed by atoms with van der Waals surface area (Å²) in [4.78, 5) is 22.5. The Balaban J connectivity index is 1.43. The lowest BCUT2D eigenvalue weighted by Crippen LogP contribution is -2.24. The van der Waals surface area contributed by atoms with Gasteiger partial charge in [0.15, 0.2) is 5.82 Å². The van der Waals surface area contributed by atoms with Crippen LogP contribution in [0.5, 0.6) is 0 Å². The number of halogens is 1. The molecule has 1 aliphatic heterocycles. The van der Waals surface area contributed by atoms with Gasteiger partial charge in [0.1, 0.15) is 11.6 Å². The van der Waals surface area contributed by atoms with Crippen LogP contribution in [0.25, 0.3) is 5.78 Å². The molecule has 0 spiro atoms. The van der Waals surface area contributed by atoms with E-state index >= 15 is 0 Å². The number of hydrogen-bond acceptors (Lipinski definition) is 7. The summed E-state index contributed by atoms with van der Waals surface area (Å²) in [6.07, 6.45) is 4.74. The van der Waals surface area contributed by atoms with E-state index in [0.717, 1.165) is 36.0 Å². The summed E-state index contributed by atoms with van der Waals surface area (Å²) in [5.74, 6) is 2.85. The van der Waals surface area contributed by atoms with Gasteiger partial charge in [0.25, 0.3) is 5.56 Å². The molecule has 0 amide bonds. The van der Waals surface area contributed by atoms with Crippen LogP contribution in [0.4, 0.5) is 5.82 Å². The quantitative estimate of drug-likeness (QED) is 0.301. The van der Waals surface area contributed by atoms with Gasteiger partial charge in [-0.25, -0.2) is 9.39 Å². The lowest BCUT2D eigenvalue weighted by atomic mass is 10.1. The average Bonchev–Trinajstić information content (AvgIpc) is 3.56. The third kappa shape index (κ3) is 4.34. The Morgan fingerprint density at radius 3 is 2.79 bits per heavy atom. The van der Waals surface area contributed by atoms with Crippen molar-refractivity contribution in [2.24, 2.45) is 4.99 Å². The van der Waals surface area contributed by atoms with Gasteiger partial charge in [0.2, 0.25) is 11.7 Å². The molecule has 34 heavy (non-hydrogen) atoms. The number of hydrogen-bond donors (Lipinski definition) is 0. The van der Waals surface area contributed by atoms with Gasteiger partial charge in [-0.3, -0.25) is 9.36 Å². The van der Waals surface area contributed by atoms with Gasteiger partial charge in [-0.1, -0.05) is 62.2 Å². The van der Waals surface area contributed by atoms with Crippen molar-refractivity contribution < 1.29 is 4.52 Å². The van der Waals surface area contributed by atoms with E-state index in [-0.39, 0.29) is 11.5 Å². The van der Waals surface area contributed by atoms with E-state index in [1.165, 1.54) is 0 Å². The highest BCUT2D eigenvalue weighted by molar-refractivity contribution is 9.18. The van der Waals surface area contributed by atoms with E-state index in [0.29, 0.717) is 54.0 Å². The summed E-state index contributed by atoms with van der Waals surface area (Å²) >= 11 is 3.47. The fraction of sp³-hybridized carbons (Fsp3) is 0.417. The topological polar surface area (TPSA) is 103 Å². The molecule has 176 valence electrons. The van der Waals surface area contributed by atoms with Gasteiger partial charge in [-0.05, 0) is 27.9 Å². The van der Waals surface area contributed by atoms with Crippen molar-refractivity contribution in [2.45, 2.75) is 64.8 Å². The zero-order chi connectivity index (χ0) is 23.7.